The van der Waals surface area contributed by atoms with Crippen molar-refractivity contribution in [2.75, 3.05) is 0 Å². The Kier molecular flexibility index (Phi) is 4.68. The molecule has 0 amide bonds. The third-order valence-corrected chi connectivity index (χ3v) is 7.93. The summed E-state index contributed by atoms with van der Waals surface area (Å²) in [5, 5.41) is 5.15. The van der Waals surface area contributed by atoms with Gasteiger partial charge in [0.25, 0.3) is 0 Å². The van der Waals surface area contributed by atoms with Crippen LogP contribution < -0.4 is 0 Å². The zero-order chi connectivity index (χ0) is 25.1. The van der Waals surface area contributed by atoms with Gasteiger partial charge in [-0.3, -0.25) is 0 Å². The van der Waals surface area contributed by atoms with Crippen LogP contribution in [0.5, 0.6) is 0 Å². The summed E-state index contributed by atoms with van der Waals surface area (Å²) in [6, 6.07) is 42.0. The van der Waals surface area contributed by atoms with Crippen LogP contribution in [-0.4, -0.2) is 9.13 Å². The Balaban J connectivity index is 1.35. The number of allylic oxidation sites excluding steroid dienone is 4. The van der Waals surface area contributed by atoms with E-state index in [1.165, 1.54) is 66.1 Å². The number of hydrogen-bond acceptors (Lipinski definition) is 0. The second-order valence-corrected chi connectivity index (χ2v) is 10.1. The van der Waals surface area contributed by atoms with Gasteiger partial charge in [0.2, 0.25) is 0 Å². The third kappa shape index (κ3) is 3.13. The molecule has 1 aliphatic rings. The number of aromatic nitrogens is 2. The first-order chi connectivity index (χ1) is 18.9. The summed E-state index contributed by atoms with van der Waals surface area (Å²) in [4.78, 5) is 0. The van der Waals surface area contributed by atoms with Crippen molar-refractivity contribution < 1.29 is 0 Å². The molecule has 2 heterocycles. The summed E-state index contributed by atoms with van der Waals surface area (Å²) in [7, 11) is 0. The molecule has 0 spiro atoms. The van der Waals surface area contributed by atoms with Gasteiger partial charge in [0.1, 0.15) is 0 Å². The lowest BCUT2D eigenvalue weighted by atomic mass is 10.0. The molecule has 0 N–H and O–H groups in total. The molecular formula is C36H26N2. The van der Waals surface area contributed by atoms with Crippen molar-refractivity contribution in [3.8, 4) is 16.8 Å². The average Bonchev–Trinajstić information content (AvgIpc) is 3.50. The topological polar surface area (TPSA) is 9.86 Å². The van der Waals surface area contributed by atoms with Crippen LogP contribution in [0.2, 0.25) is 0 Å². The normalized spacial score (nSPS) is 13.6. The molecule has 2 aromatic heterocycles. The van der Waals surface area contributed by atoms with Crippen LogP contribution in [0.25, 0.3) is 66.1 Å². The summed E-state index contributed by atoms with van der Waals surface area (Å²) in [5.41, 5.74) is 9.93. The Morgan fingerprint density at radius 2 is 1.00 bits per heavy atom. The Morgan fingerprint density at radius 1 is 0.447 bits per heavy atom. The van der Waals surface area contributed by atoms with E-state index in [-0.39, 0.29) is 0 Å². The lowest BCUT2D eigenvalue weighted by Gasteiger charge is -2.12. The first-order valence-electron chi connectivity index (χ1n) is 13.4. The van der Waals surface area contributed by atoms with Gasteiger partial charge >= 0.3 is 0 Å². The van der Waals surface area contributed by atoms with E-state index in [1.54, 1.807) is 0 Å². The van der Waals surface area contributed by atoms with E-state index in [4.69, 9.17) is 0 Å². The first-order valence-corrected chi connectivity index (χ1v) is 13.4. The standard InChI is InChI=1S/C36H26N2/c1-3-11-27(12-4-1)37-33-17-9-7-15-29(33)31-23-25(19-21-35(31)37)26-20-22-36-32(24-26)30-16-8-10-18-34(30)38(36)28-13-5-2-6-14-28/h1,3-5,7-24H,2,6H2. The van der Waals surface area contributed by atoms with Crippen molar-refractivity contribution in [1.29, 1.82) is 0 Å². The largest absolute Gasteiger partial charge is 0.310 e. The average molecular weight is 487 g/mol. The zero-order valence-corrected chi connectivity index (χ0v) is 21.0. The minimum atomic E-state index is 1.09. The van der Waals surface area contributed by atoms with Crippen molar-refractivity contribution >= 4 is 49.3 Å². The fourth-order valence-electron chi connectivity index (χ4n) is 6.20. The van der Waals surface area contributed by atoms with Crippen LogP contribution >= 0.6 is 0 Å². The van der Waals surface area contributed by atoms with Crippen molar-refractivity contribution in [1.82, 2.24) is 9.13 Å². The van der Waals surface area contributed by atoms with Crippen LogP contribution in [0.4, 0.5) is 0 Å². The Morgan fingerprint density at radius 3 is 1.63 bits per heavy atom. The Labute approximate surface area is 221 Å². The van der Waals surface area contributed by atoms with Gasteiger partial charge in [0, 0.05) is 32.9 Å². The van der Waals surface area contributed by atoms with Gasteiger partial charge in [-0.1, -0.05) is 78.9 Å². The van der Waals surface area contributed by atoms with Crippen molar-refractivity contribution in [3.63, 3.8) is 0 Å². The summed E-state index contributed by atoms with van der Waals surface area (Å²) >= 11 is 0. The molecular weight excluding hydrogens is 460 g/mol. The highest BCUT2D eigenvalue weighted by Gasteiger charge is 2.16. The van der Waals surface area contributed by atoms with E-state index >= 15 is 0 Å². The molecule has 0 saturated carbocycles. The Bertz CT molecular complexity index is 2070. The fraction of sp³-hybridized carbons (Fsp3) is 0.0556. The molecule has 0 atom stereocenters. The lowest BCUT2D eigenvalue weighted by molar-refractivity contribution is 1.02. The molecule has 0 radical (unpaired) electrons. The van der Waals surface area contributed by atoms with E-state index in [1.807, 2.05) is 0 Å². The molecule has 1 aliphatic carbocycles. The monoisotopic (exact) mass is 486 g/mol. The minimum absolute atomic E-state index is 1.09. The highest BCUT2D eigenvalue weighted by Crippen LogP contribution is 2.38. The minimum Gasteiger partial charge on any atom is -0.310 e. The van der Waals surface area contributed by atoms with Crippen LogP contribution in [0.3, 0.4) is 0 Å². The van der Waals surface area contributed by atoms with Gasteiger partial charge < -0.3 is 9.13 Å². The van der Waals surface area contributed by atoms with Gasteiger partial charge in [-0.15, -0.1) is 0 Å². The summed E-state index contributed by atoms with van der Waals surface area (Å²) in [6.07, 6.45) is 9.11. The SMILES string of the molecule is C1=CC(n2c3ccccc3c3cc(-c4ccc5c(c4)c4ccccc4n5-c4ccccc4)ccc32)=CCC1. The van der Waals surface area contributed by atoms with Crippen LogP contribution in [-0.2, 0) is 0 Å². The first kappa shape index (κ1) is 21.3. The van der Waals surface area contributed by atoms with E-state index in [9.17, 15) is 0 Å². The summed E-state index contributed by atoms with van der Waals surface area (Å²) in [5.74, 6) is 0. The van der Waals surface area contributed by atoms with Gasteiger partial charge in [-0.2, -0.15) is 0 Å². The van der Waals surface area contributed by atoms with Gasteiger partial charge in [-0.05, 0) is 78.6 Å². The van der Waals surface area contributed by atoms with Crippen molar-refractivity contribution in [3.05, 3.63) is 133 Å². The van der Waals surface area contributed by atoms with E-state index in [0.29, 0.717) is 0 Å². The lowest BCUT2D eigenvalue weighted by Crippen LogP contribution is -1.96. The molecule has 0 unspecified atom stereocenters. The maximum Gasteiger partial charge on any atom is 0.0541 e. The fourth-order valence-corrected chi connectivity index (χ4v) is 6.20. The summed E-state index contributed by atoms with van der Waals surface area (Å²) in [6.45, 7) is 0. The Hall–Kier alpha value is -4.82. The van der Waals surface area contributed by atoms with Gasteiger partial charge in [-0.25, -0.2) is 0 Å². The van der Waals surface area contributed by atoms with Crippen LogP contribution in [0.15, 0.2) is 133 Å². The van der Waals surface area contributed by atoms with Crippen molar-refractivity contribution in [2.24, 2.45) is 0 Å². The number of benzene rings is 5. The highest BCUT2D eigenvalue weighted by molar-refractivity contribution is 6.13. The summed E-state index contributed by atoms with van der Waals surface area (Å²) < 4.78 is 4.79. The molecule has 8 rings (SSSR count). The smallest absolute Gasteiger partial charge is 0.0541 e. The molecule has 0 bridgehead atoms. The van der Waals surface area contributed by atoms with Crippen LogP contribution in [0, 0.1) is 0 Å². The molecule has 180 valence electrons. The van der Waals surface area contributed by atoms with Crippen LogP contribution in [0.1, 0.15) is 12.8 Å². The van der Waals surface area contributed by atoms with E-state index < -0.39 is 0 Å². The molecule has 7 aromatic rings. The molecule has 0 saturated heterocycles. The maximum atomic E-state index is 2.42. The molecule has 0 fully saturated rings. The molecule has 2 nitrogen and oxygen atoms in total. The number of nitrogens with zero attached hydrogens (tertiary/aromatic N) is 2. The predicted molar refractivity (Wildman–Crippen MR) is 162 cm³/mol. The maximum absolute atomic E-state index is 2.42. The second kappa shape index (κ2) is 8.36. The highest BCUT2D eigenvalue weighted by atomic mass is 15.0. The van der Waals surface area contributed by atoms with Crippen molar-refractivity contribution in [2.45, 2.75) is 12.8 Å². The molecule has 5 aromatic carbocycles. The third-order valence-electron chi connectivity index (χ3n) is 7.93. The number of fused-ring (bicyclic) bond motifs is 6. The van der Waals surface area contributed by atoms with E-state index in [0.717, 1.165) is 12.8 Å². The molecule has 38 heavy (non-hydrogen) atoms. The molecule has 2 heteroatoms. The number of para-hydroxylation sites is 3. The zero-order valence-electron chi connectivity index (χ0n) is 21.0. The van der Waals surface area contributed by atoms with Gasteiger partial charge in [0.05, 0.1) is 22.1 Å². The molecule has 0 aliphatic heterocycles. The number of hydrogen-bond donors (Lipinski definition) is 0. The number of rotatable bonds is 3. The quantitative estimate of drug-likeness (QED) is 0.235. The predicted octanol–water partition coefficient (Wildman–Crippen LogP) is 9.75. The van der Waals surface area contributed by atoms with Gasteiger partial charge in [0.15, 0.2) is 0 Å². The second-order valence-electron chi connectivity index (χ2n) is 10.1. The van der Waals surface area contributed by atoms with E-state index in [2.05, 4.69) is 143 Å².